The van der Waals surface area contributed by atoms with Crippen molar-refractivity contribution in [1.29, 1.82) is 0 Å². The van der Waals surface area contributed by atoms with Crippen molar-refractivity contribution in [3.63, 3.8) is 0 Å². The predicted molar refractivity (Wildman–Crippen MR) is 108 cm³/mol. The number of benzene rings is 2. The fraction of sp³-hybridized carbons (Fsp3) is 0.217. The number of pyridine rings is 1. The predicted octanol–water partition coefficient (Wildman–Crippen LogP) is 3.92. The molecule has 0 radical (unpaired) electrons. The first-order valence-corrected chi connectivity index (χ1v) is 9.30. The third kappa shape index (κ3) is 5.10. The molecule has 1 N–H and O–H groups in total. The number of aromatic nitrogens is 1. The monoisotopic (exact) mass is 377 g/mol. The highest BCUT2D eigenvalue weighted by Crippen LogP contribution is 2.21. The van der Waals surface area contributed by atoms with E-state index in [1.54, 1.807) is 6.92 Å². The van der Waals surface area contributed by atoms with Gasteiger partial charge in [0.1, 0.15) is 17.9 Å². The topological polar surface area (TPSA) is 68.4 Å². The van der Waals surface area contributed by atoms with Crippen LogP contribution in [0, 0.1) is 0 Å². The van der Waals surface area contributed by atoms with Gasteiger partial charge in [0, 0.05) is 18.0 Å². The third-order valence-electron chi connectivity index (χ3n) is 4.34. The second-order valence-electron chi connectivity index (χ2n) is 6.34. The fourth-order valence-corrected chi connectivity index (χ4v) is 2.88. The quantitative estimate of drug-likeness (QED) is 0.604. The SMILES string of the molecule is CCOC(=O)c1c[nH]c(CCc2ccccc2OCc2ccccc2)cc1=O. The maximum Gasteiger partial charge on any atom is 0.343 e. The first-order chi connectivity index (χ1) is 13.7. The van der Waals surface area contributed by atoms with E-state index in [0.717, 1.165) is 22.6 Å². The molecule has 3 rings (SSSR count). The van der Waals surface area contributed by atoms with Crippen LogP contribution >= 0.6 is 0 Å². The highest BCUT2D eigenvalue weighted by Gasteiger charge is 2.12. The molecule has 1 aromatic heterocycles. The molecule has 1 heterocycles. The van der Waals surface area contributed by atoms with Crippen molar-refractivity contribution in [3.05, 3.63) is 99.5 Å². The second kappa shape index (κ2) is 9.55. The van der Waals surface area contributed by atoms with Crippen molar-refractivity contribution >= 4 is 5.97 Å². The van der Waals surface area contributed by atoms with E-state index in [0.29, 0.717) is 19.4 Å². The average Bonchev–Trinajstić information content (AvgIpc) is 2.72. The van der Waals surface area contributed by atoms with E-state index in [-0.39, 0.29) is 17.6 Å². The number of H-pyrrole nitrogens is 1. The molecule has 0 aliphatic carbocycles. The van der Waals surface area contributed by atoms with Crippen molar-refractivity contribution in [2.45, 2.75) is 26.4 Å². The van der Waals surface area contributed by atoms with Crippen LogP contribution in [0.1, 0.15) is 34.1 Å². The first-order valence-electron chi connectivity index (χ1n) is 9.30. The van der Waals surface area contributed by atoms with E-state index in [1.807, 2.05) is 54.6 Å². The maximum atomic E-state index is 12.1. The highest BCUT2D eigenvalue weighted by atomic mass is 16.5. The lowest BCUT2D eigenvalue weighted by atomic mass is 10.1. The summed E-state index contributed by atoms with van der Waals surface area (Å²) >= 11 is 0. The Hall–Kier alpha value is -3.34. The van der Waals surface area contributed by atoms with Gasteiger partial charge in [-0.2, -0.15) is 0 Å². The van der Waals surface area contributed by atoms with Gasteiger partial charge in [-0.15, -0.1) is 0 Å². The minimum Gasteiger partial charge on any atom is -0.489 e. The summed E-state index contributed by atoms with van der Waals surface area (Å²) in [6.45, 7) is 2.44. The Morgan fingerprint density at radius 1 is 1.00 bits per heavy atom. The van der Waals surface area contributed by atoms with E-state index in [4.69, 9.17) is 9.47 Å². The number of para-hydroxylation sites is 1. The van der Waals surface area contributed by atoms with Crippen molar-refractivity contribution in [3.8, 4) is 5.75 Å². The molecule has 0 aliphatic heterocycles. The Morgan fingerprint density at radius 2 is 1.75 bits per heavy atom. The van der Waals surface area contributed by atoms with Crippen LogP contribution in [0.2, 0.25) is 0 Å². The van der Waals surface area contributed by atoms with Gasteiger partial charge in [0.25, 0.3) is 0 Å². The molecule has 28 heavy (non-hydrogen) atoms. The molecule has 0 bridgehead atoms. The van der Waals surface area contributed by atoms with Crippen LogP contribution in [0.4, 0.5) is 0 Å². The Kier molecular flexibility index (Phi) is 6.63. The van der Waals surface area contributed by atoms with Crippen LogP contribution in [0.15, 0.2) is 71.7 Å². The summed E-state index contributed by atoms with van der Waals surface area (Å²) in [5.74, 6) is 0.229. The molecule has 0 aliphatic rings. The molecule has 0 atom stereocenters. The molecule has 5 nitrogen and oxygen atoms in total. The van der Waals surface area contributed by atoms with Gasteiger partial charge in [0.05, 0.1) is 6.61 Å². The number of rotatable bonds is 8. The number of hydrogen-bond donors (Lipinski definition) is 1. The smallest absolute Gasteiger partial charge is 0.343 e. The van der Waals surface area contributed by atoms with E-state index in [2.05, 4.69) is 4.98 Å². The molecular formula is C23H23NO4. The van der Waals surface area contributed by atoms with Crippen LogP contribution < -0.4 is 10.2 Å². The number of carbonyl (C=O) groups is 1. The van der Waals surface area contributed by atoms with E-state index in [1.165, 1.54) is 12.3 Å². The minimum absolute atomic E-state index is 0.0252. The van der Waals surface area contributed by atoms with Gasteiger partial charge in [-0.3, -0.25) is 4.79 Å². The van der Waals surface area contributed by atoms with Gasteiger partial charge in [-0.25, -0.2) is 4.79 Å². The summed E-state index contributed by atoms with van der Waals surface area (Å²) in [5.41, 5.74) is 2.62. The zero-order valence-electron chi connectivity index (χ0n) is 15.8. The van der Waals surface area contributed by atoms with Crippen LogP contribution in [0.5, 0.6) is 5.75 Å². The summed E-state index contributed by atoms with van der Waals surface area (Å²) in [5, 5.41) is 0. The number of aromatic amines is 1. The third-order valence-corrected chi connectivity index (χ3v) is 4.34. The van der Waals surface area contributed by atoms with Crippen molar-refractivity contribution in [1.82, 2.24) is 4.98 Å². The molecule has 0 fully saturated rings. The summed E-state index contributed by atoms with van der Waals surface area (Å²) < 4.78 is 10.9. The second-order valence-corrected chi connectivity index (χ2v) is 6.34. The van der Waals surface area contributed by atoms with E-state index in [9.17, 15) is 9.59 Å². The summed E-state index contributed by atoms with van der Waals surface area (Å²) in [6.07, 6.45) is 2.76. The molecule has 5 heteroatoms. The minimum atomic E-state index is -0.602. The number of aryl methyl sites for hydroxylation is 2. The number of carbonyl (C=O) groups excluding carboxylic acids is 1. The van der Waals surface area contributed by atoms with Gasteiger partial charge in [0.2, 0.25) is 0 Å². The van der Waals surface area contributed by atoms with Crippen LogP contribution in [0.25, 0.3) is 0 Å². The molecule has 2 aromatic carbocycles. The molecule has 0 saturated carbocycles. The first kappa shape index (κ1) is 19.4. The van der Waals surface area contributed by atoms with Gasteiger partial charge in [-0.1, -0.05) is 48.5 Å². The lowest BCUT2D eigenvalue weighted by molar-refractivity contribution is 0.0524. The summed E-state index contributed by atoms with van der Waals surface area (Å²) in [4.78, 5) is 26.9. The Morgan fingerprint density at radius 3 is 2.50 bits per heavy atom. The van der Waals surface area contributed by atoms with Gasteiger partial charge < -0.3 is 14.5 Å². The van der Waals surface area contributed by atoms with Crippen LogP contribution in [-0.4, -0.2) is 17.6 Å². The lowest BCUT2D eigenvalue weighted by Gasteiger charge is -2.12. The molecule has 3 aromatic rings. The molecular weight excluding hydrogens is 354 g/mol. The fourth-order valence-electron chi connectivity index (χ4n) is 2.88. The number of ether oxygens (including phenoxy) is 2. The Bertz CT molecular complexity index is 979. The maximum absolute atomic E-state index is 12.1. The van der Waals surface area contributed by atoms with Gasteiger partial charge >= 0.3 is 5.97 Å². The standard InChI is InChI=1S/C23H23NO4/c1-2-27-23(26)20-15-24-19(14-21(20)25)13-12-18-10-6-7-11-22(18)28-16-17-8-4-3-5-9-17/h3-11,14-15H,2,12-13,16H2,1H3,(H,24,25). The largest absolute Gasteiger partial charge is 0.489 e. The molecule has 0 saturated heterocycles. The molecule has 0 unspecified atom stereocenters. The molecule has 144 valence electrons. The normalized spacial score (nSPS) is 10.5. The Balaban J connectivity index is 1.65. The zero-order valence-corrected chi connectivity index (χ0v) is 15.8. The number of nitrogens with one attached hydrogen (secondary N) is 1. The number of hydrogen-bond acceptors (Lipinski definition) is 4. The van der Waals surface area contributed by atoms with E-state index < -0.39 is 5.97 Å². The van der Waals surface area contributed by atoms with Gasteiger partial charge in [-0.05, 0) is 37.0 Å². The van der Waals surface area contributed by atoms with Crippen LogP contribution in [-0.2, 0) is 24.2 Å². The van der Waals surface area contributed by atoms with Crippen molar-refractivity contribution < 1.29 is 14.3 Å². The van der Waals surface area contributed by atoms with Gasteiger partial charge in [0.15, 0.2) is 5.43 Å². The molecule has 0 amide bonds. The summed E-state index contributed by atoms with van der Waals surface area (Å²) in [6, 6.07) is 19.3. The lowest BCUT2D eigenvalue weighted by Crippen LogP contribution is -2.18. The highest BCUT2D eigenvalue weighted by molar-refractivity contribution is 5.88. The van der Waals surface area contributed by atoms with Crippen molar-refractivity contribution in [2.75, 3.05) is 6.61 Å². The van der Waals surface area contributed by atoms with Crippen LogP contribution in [0.3, 0.4) is 0 Å². The number of esters is 1. The molecule has 0 spiro atoms. The summed E-state index contributed by atoms with van der Waals surface area (Å²) in [7, 11) is 0. The van der Waals surface area contributed by atoms with E-state index >= 15 is 0 Å². The Labute approximate surface area is 164 Å². The van der Waals surface area contributed by atoms with Crippen molar-refractivity contribution in [2.24, 2.45) is 0 Å². The average molecular weight is 377 g/mol. The zero-order chi connectivity index (χ0) is 19.8.